The number of imide groups is 2. The van der Waals surface area contributed by atoms with Crippen molar-refractivity contribution >= 4 is 86.8 Å². The number of piperazine rings is 1. The molecule has 17 heteroatoms. The highest BCUT2D eigenvalue weighted by Gasteiger charge is 2.45. The number of ether oxygens (including phenoxy) is 3. The number of carbonyl (C=O) groups is 5. The number of thioether (sulfide) groups is 1. The molecule has 4 aromatic rings. The molecule has 3 aliphatic heterocycles. The van der Waals surface area contributed by atoms with Crippen molar-refractivity contribution < 1.29 is 38.2 Å². The molecule has 1 unspecified atom stereocenters. The summed E-state index contributed by atoms with van der Waals surface area (Å²) in [5.74, 6) is 0.195. The molecule has 2 saturated heterocycles. The molecule has 0 bridgehead atoms. The number of hydrogen-bond donors (Lipinski definition) is 2. The maximum absolute atomic E-state index is 13.4. The van der Waals surface area contributed by atoms with E-state index in [2.05, 4.69) is 20.5 Å². The van der Waals surface area contributed by atoms with Crippen LogP contribution in [-0.4, -0.2) is 115 Å². The van der Waals surface area contributed by atoms with Gasteiger partial charge < -0.3 is 24.4 Å². The maximum atomic E-state index is 13.4. The lowest BCUT2D eigenvalue weighted by Gasteiger charge is -2.34. The molecule has 1 aromatic heterocycles. The largest absolute Gasteiger partial charge is 0.495 e. The fourth-order valence-corrected chi connectivity index (χ4v) is 8.85. The highest BCUT2D eigenvalue weighted by atomic mass is 35.5. The van der Waals surface area contributed by atoms with Gasteiger partial charge in [-0.25, -0.2) is 0 Å². The Labute approximate surface area is 349 Å². The first-order chi connectivity index (χ1) is 28.1. The number of carbonyl (C=O) groups excluding carboxylic acids is 5. The summed E-state index contributed by atoms with van der Waals surface area (Å²) in [5.41, 5.74) is 2.63. The third-order valence-electron chi connectivity index (χ3n) is 10.4. The summed E-state index contributed by atoms with van der Waals surface area (Å²) in [6.45, 7) is 4.09. The zero-order chi connectivity index (χ0) is 40.9. The minimum atomic E-state index is -1.01. The lowest BCUT2D eigenvalue weighted by Crippen LogP contribution is -2.54. The van der Waals surface area contributed by atoms with Crippen molar-refractivity contribution in [1.29, 1.82) is 0 Å². The molecule has 5 amide bonds. The Morgan fingerprint density at radius 3 is 2.47 bits per heavy atom. The standard InChI is InChI=1S/C41H42Cl2N6O8S/c1-55-32-23-30(26(42)21-27(32)43)45-28-11-12-44-29-22-34(33(56-2)20-25(28)29)57-18-5-13-47-14-16-48(17-15-47)37(51)8-4-19-58-35-7-3-6-24-38(35)41(54)49(40(24)53)31-9-10-36(50)46-39(31)52/h3,6-7,11-12,20-23,31H,4-5,8-10,13-19H2,1-2H3,(H,44,45)(H,46,50,52). The van der Waals surface area contributed by atoms with Crippen molar-refractivity contribution in [1.82, 2.24) is 25.0 Å². The van der Waals surface area contributed by atoms with Crippen molar-refractivity contribution in [3.63, 3.8) is 0 Å². The number of benzene rings is 3. The van der Waals surface area contributed by atoms with Crippen LogP contribution in [0, 0.1) is 0 Å². The van der Waals surface area contributed by atoms with Crippen LogP contribution in [0.25, 0.3) is 10.9 Å². The minimum absolute atomic E-state index is 0.0623. The first-order valence-corrected chi connectivity index (χ1v) is 20.7. The van der Waals surface area contributed by atoms with Crippen LogP contribution in [0.15, 0.2) is 59.6 Å². The molecule has 2 N–H and O–H groups in total. The van der Waals surface area contributed by atoms with E-state index in [9.17, 15) is 24.0 Å². The van der Waals surface area contributed by atoms with Gasteiger partial charge in [0.05, 0.1) is 53.2 Å². The van der Waals surface area contributed by atoms with Crippen molar-refractivity contribution in [3.05, 3.63) is 75.9 Å². The summed E-state index contributed by atoms with van der Waals surface area (Å²) >= 11 is 14.1. The van der Waals surface area contributed by atoms with Crippen molar-refractivity contribution in [3.8, 4) is 17.2 Å². The SMILES string of the molecule is COc1cc(Nc2ccnc3cc(OCCCN4CCN(C(=O)CCCSc5cccc6c5C(=O)N(C5CCC(=O)NC5=O)C6=O)CC4)c(OC)cc23)c(Cl)cc1Cl. The molecule has 0 aliphatic carbocycles. The molecular formula is C41H42Cl2N6O8S. The predicted octanol–water partition coefficient (Wildman–Crippen LogP) is 6.19. The van der Waals surface area contributed by atoms with Gasteiger partial charge in [-0.3, -0.25) is 44.1 Å². The van der Waals surface area contributed by atoms with Crippen LogP contribution in [-0.2, 0) is 14.4 Å². The Morgan fingerprint density at radius 1 is 0.914 bits per heavy atom. The molecule has 3 aromatic carbocycles. The van der Waals surface area contributed by atoms with Gasteiger partial charge in [-0.05, 0) is 55.3 Å². The van der Waals surface area contributed by atoms with Crippen LogP contribution in [0.4, 0.5) is 11.4 Å². The number of anilines is 2. The molecule has 2 fully saturated rings. The quantitative estimate of drug-likeness (QED) is 0.0795. The van der Waals surface area contributed by atoms with Gasteiger partial charge in [-0.2, -0.15) is 0 Å². The van der Waals surface area contributed by atoms with E-state index < -0.39 is 29.7 Å². The molecule has 3 aliphatic rings. The molecule has 1 atom stereocenters. The summed E-state index contributed by atoms with van der Waals surface area (Å²) in [6.07, 6.45) is 3.61. The summed E-state index contributed by atoms with van der Waals surface area (Å²) in [5, 5.41) is 7.24. The number of nitrogens with one attached hydrogen (secondary N) is 2. The van der Waals surface area contributed by atoms with E-state index in [1.165, 1.54) is 11.8 Å². The number of piperidine rings is 1. The molecule has 4 heterocycles. The van der Waals surface area contributed by atoms with Gasteiger partial charge in [0.15, 0.2) is 11.5 Å². The van der Waals surface area contributed by atoms with E-state index in [1.54, 1.807) is 50.7 Å². The molecule has 58 heavy (non-hydrogen) atoms. The van der Waals surface area contributed by atoms with Crippen LogP contribution in [0.3, 0.4) is 0 Å². The monoisotopic (exact) mass is 848 g/mol. The molecule has 0 saturated carbocycles. The van der Waals surface area contributed by atoms with E-state index >= 15 is 0 Å². The van der Waals surface area contributed by atoms with Crippen LogP contribution in [0.5, 0.6) is 17.2 Å². The van der Waals surface area contributed by atoms with Gasteiger partial charge in [-0.1, -0.05) is 29.3 Å². The van der Waals surface area contributed by atoms with E-state index in [0.29, 0.717) is 81.7 Å². The van der Waals surface area contributed by atoms with E-state index in [4.69, 9.17) is 37.4 Å². The Balaban J connectivity index is 0.843. The number of fused-ring (bicyclic) bond motifs is 2. The van der Waals surface area contributed by atoms with E-state index in [1.807, 2.05) is 23.1 Å². The first-order valence-electron chi connectivity index (χ1n) is 18.9. The number of pyridine rings is 1. The number of halogens is 2. The number of methoxy groups -OCH3 is 2. The van der Waals surface area contributed by atoms with Crippen molar-refractivity contribution in [2.75, 3.05) is 64.6 Å². The predicted molar refractivity (Wildman–Crippen MR) is 221 cm³/mol. The van der Waals surface area contributed by atoms with Crippen LogP contribution >= 0.6 is 35.0 Å². The fourth-order valence-electron chi connectivity index (χ4n) is 7.32. The third-order valence-corrected chi connectivity index (χ3v) is 12.1. The lowest BCUT2D eigenvalue weighted by atomic mass is 10.0. The van der Waals surface area contributed by atoms with Crippen LogP contribution in [0.2, 0.25) is 10.0 Å². The van der Waals surface area contributed by atoms with Crippen molar-refractivity contribution in [2.45, 2.75) is 43.0 Å². The molecular weight excluding hydrogens is 807 g/mol. The molecule has 0 spiro atoms. The van der Waals surface area contributed by atoms with Gasteiger partial charge in [0.25, 0.3) is 11.8 Å². The van der Waals surface area contributed by atoms with E-state index in [-0.39, 0.29) is 29.9 Å². The average molecular weight is 850 g/mol. The summed E-state index contributed by atoms with van der Waals surface area (Å²) in [4.78, 5) is 74.0. The zero-order valence-corrected chi connectivity index (χ0v) is 34.3. The molecule has 14 nitrogen and oxygen atoms in total. The lowest BCUT2D eigenvalue weighted by molar-refractivity contribution is -0.136. The summed E-state index contributed by atoms with van der Waals surface area (Å²) in [7, 11) is 3.14. The Hall–Kier alpha value is -5.09. The number of nitrogens with zero attached hydrogens (tertiary/aromatic N) is 4. The van der Waals surface area contributed by atoms with Gasteiger partial charge >= 0.3 is 0 Å². The zero-order valence-electron chi connectivity index (χ0n) is 32.0. The first kappa shape index (κ1) is 41.1. The average Bonchev–Trinajstić information content (AvgIpc) is 3.47. The topological polar surface area (TPSA) is 160 Å². The minimum Gasteiger partial charge on any atom is -0.495 e. The second kappa shape index (κ2) is 18.2. The summed E-state index contributed by atoms with van der Waals surface area (Å²) < 4.78 is 17.2. The Morgan fingerprint density at radius 2 is 1.71 bits per heavy atom. The van der Waals surface area contributed by atoms with Gasteiger partial charge in [0.1, 0.15) is 11.8 Å². The maximum Gasteiger partial charge on any atom is 0.263 e. The fraction of sp³-hybridized carbons (Fsp3) is 0.366. The molecule has 0 radical (unpaired) electrons. The van der Waals surface area contributed by atoms with E-state index in [0.717, 1.165) is 42.0 Å². The van der Waals surface area contributed by atoms with Crippen LogP contribution in [0.1, 0.15) is 52.8 Å². The van der Waals surface area contributed by atoms with Gasteiger partial charge in [-0.15, -0.1) is 11.8 Å². The Kier molecular flexibility index (Phi) is 12.9. The smallest absolute Gasteiger partial charge is 0.263 e. The number of aromatic nitrogens is 1. The Bertz CT molecular complexity index is 2270. The van der Waals surface area contributed by atoms with Crippen molar-refractivity contribution in [2.24, 2.45) is 0 Å². The number of rotatable bonds is 15. The molecule has 7 rings (SSSR count). The second-order valence-corrected chi connectivity index (χ2v) is 15.9. The molecule has 304 valence electrons. The second-order valence-electron chi connectivity index (χ2n) is 14.0. The van der Waals surface area contributed by atoms with Crippen LogP contribution < -0.4 is 24.8 Å². The number of hydrogen-bond acceptors (Lipinski definition) is 12. The van der Waals surface area contributed by atoms with Gasteiger partial charge in [0, 0.05) is 79.9 Å². The highest BCUT2D eigenvalue weighted by Crippen LogP contribution is 2.40. The van der Waals surface area contributed by atoms with Gasteiger partial charge in [0.2, 0.25) is 17.7 Å². The highest BCUT2D eigenvalue weighted by molar-refractivity contribution is 7.99. The third kappa shape index (κ3) is 8.82. The normalized spacial score (nSPS) is 17.1. The summed E-state index contributed by atoms with van der Waals surface area (Å²) in [6, 6.07) is 13.0. The number of amides is 5.